The van der Waals surface area contributed by atoms with Crippen molar-refractivity contribution in [1.29, 1.82) is 0 Å². The Kier molecular flexibility index (Phi) is 5.03. The van der Waals surface area contributed by atoms with Crippen molar-refractivity contribution in [3.8, 4) is 11.4 Å². The molecule has 0 bridgehead atoms. The number of carbonyl (C=O) groups is 2. The van der Waals surface area contributed by atoms with Crippen LogP contribution in [0.2, 0.25) is 0 Å². The molecular weight excluding hydrogens is 370 g/mol. The Labute approximate surface area is 168 Å². The second kappa shape index (κ2) is 7.79. The third-order valence-corrected chi connectivity index (χ3v) is 4.87. The predicted octanol–water partition coefficient (Wildman–Crippen LogP) is 3.26. The fourth-order valence-electron chi connectivity index (χ4n) is 3.49. The molecule has 0 atom stereocenters. The van der Waals surface area contributed by atoms with Crippen molar-refractivity contribution >= 4 is 17.6 Å². The number of ether oxygens (including phenoxy) is 2. The maximum atomic E-state index is 13.4. The van der Waals surface area contributed by atoms with E-state index >= 15 is 0 Å². The molecule has 29 heavy (non-hydrogen) atoms. The average Bonchev–Trinajstić information content (AvgIpc) is 3.15. The second-order valence-corrected chi connectivity index (χ2v) is 6.55. The lowest BCUT2D eigenvalue weighted by Gasteiger charge is -2.27. The van der Waals surface area contributed by atoms with Gasteiger partial charge in [0.15, 0.2) is 5.69 Å². The fourth-order valence-corrected chi connectivity index (χ4v) is 3.49. The van der Waals surface area contributed by atoms with Crippen LogP contribution in [0.3, 0.4) is 0 Å². The number of nitrogens with zero attached hydrogens (tertiary/aromatic N) is 3. The van der Waals surface area contributed by atoms with E-state index in [4.69, 9.17) is 9.47 Å². The molecule has 7 heteroatoms. The normalized spacial score (nSPS) is 13.2. The highest BCUT2D eigenvalue weighted by Gasteiger charge is 2.35. The first-order valence-electron chi connectivity index (χ1n) is 9.44. The number of para-hydroxylation sites is 1. The fraction of sp³-hybridized carbons (Fsp3) is 0.227. The van der Waals surface area contributed by atoms with Crippen LogP contribution >= 0.6 is 0 Å². The molecule has 0 spiro atoms. The van der Waals surface area contributed by atoms with Gasteiger partial charge in [0, 0.05) is 17.8 Å². The van der Waals surface area contributed by atoms with Gasteiger partial charge in [-0.1, -0.05) is 18.2 Å². The number of amides is 1. The van der Waals surface area contributed by atoms with Crippen LogP contribution < -0.4 is 9.64 Å². The van der Waals surface area contributed by atoms with E-state index in [0.29, 0.717) is 35.7 Å². The SMILES string of the molecule is CCOC(=O)c1nn(-c2ccc(OC)cc2)c2c1CCN(c1ccccc1)C2=O. The first-order valence-corrected chi connectivity index (χ1v) is 9.44. The maximum Gasteiger partial charge on any atom is 0.359 e. The maximum absolute atomic E-state index is 13.4. The monoisotopic (exact) mass is 391 g/mol. The van der Waals surface area contributed by atoms with Crippen LogP contribution in [0.15, 0.2) is 54.6 Å². The molecule has 2 heterocycles. The highest BCUT2D eigenvalue weighted by atomic mass is 16.5. The molecule has 2 aromatic carbocycles. The van der Waals surface area contributed by atoms with Crippen molar-refractivity contribution in [3.05, 3.63) is 71.5 Å². The summed E-state index contributed by atoms with van der Waals surface area (Å²) in [6.07, 6.45) is 0.514. The van der Waals surface area contributed by atoms with E-state index in [1.54, 1.807) is 43.2 Å². The molecule has 0 fully saturated rings. The zero-order chi connectivity index (χ0) is 20.4. The molecule has 0 radical (unpaired) electrons. The molecule has 0 saturated carbocycles. The van der Waals surface area contributed by atoms with Crippen LogP contribution in [-0.4, -0.2) is 41.9 Å². The number of rotatable bonds is 5. The number of hydrogen-bond acceptors (Lipinski definition) is 5. The standard InChI is InChI=1S/C22H21N3O4/c1-3-29-22(27)19-18-13-14-24(15-7-5-4-6-8-15)21(26)20(18)25(23-19)16-9-11-17(28-2)12-10-16/h4-12H,3,13-14H2,1-2H3. The lowest BCUT2D eigenvalue weighted by atomic mass is 10.0. The Morgan fingerprint density at radius 3 is 2.45 bits per heavy atom. The first kappa shape index (κ1) is 18.7. The van der Waals surface area contributed by atoms with E-state index in [2.05, 4.69) is 5.10 Å². The number of esters is 1. The first-order chi connectivity index (χ1) is 14.1. The summed E-state index contributed by atoms with van der Waals surface area (Å²) in [5.41, 5.74) is 2.67. The van der Waals surface area contributed by atoms with Gasteiger partial charge in [-0.2, -0.15) is 5.10 Å². The molecule has 0 N–H and O–H groups in total. The Bertz CT molecular complexity index is 1040. The van der Waals surface area contributed by atoms with Crippen LogP contribution in [0.25, 0.3) is 5.69 Å². The number of benzene rings is 2. The van der Waals surface area contributed by atoms with Crippen LogP contribution in [0.5, 0.6) is 5.75 Å². The number of aromatic nitrogens is 2. The molecule has 4 rings (SSSR count). The van der Waals surface area contributed by atoms with Gasteiger partial charge in [0.25, 0.3) is 5.91 Å². The molecule has 7 nitrogen and oxygen atoms in total. The molecule has 1 aliphatic heterocycles. The quantitative estimate of drug-likeness (QED) is 0.624. The molecule has 1 amide bonds. The largest absolute Gasteiger partial charge is 0.497 e. The third kappa shape index (κ3) is 3.35. The summed E-state index contributed by atoms with van der Waals surface area (Å²) in [5.74, 6) is -0.0223. The number of anilines is 1. The minimum Gasteiger partial charge on any atom is -0.497 e. The van der Waals surface area contributed by atoms with Gasteiger partial charge in [0.1, 0.15) is 11.4 Å². The number of methoxy groups -OCH3 is 1. The van der Waals surface area contributed by atoms with Gasteiger partial charge in [0.05, 0.1) is 19.4 Å². The molecular formula is C22H21N3O4. The highest BCUT2D eigenvalue weighted by molar-refractivity contribution is 6.09. The summed E-state index contributed by atoms with van der Waals surface area (Å²) in [7, 11) is 1.59. The average molecular weight is 391 g/mol. The summed E-state index contributed by atoms with van der Waals surface area (Å²) >= 11 is 0. The minimum absolute atomic E-state index is 0.193. The molecule has 3 aromatic rings. The molecule has 1 aliphatic rings. The lowest BCUT2D eigenvalue weighted by Crippen LogP contribution is -2.39. The van der Waals surface area contributed by atoms with E-state index in [1.165, 1.54) is 4.68 Å². The Morgan fingerprint density at radius 2 is 1.79 bits per heavy atom. The Balaban J connectivity index is 1.83. The topological polar surface area (TPSA) is 73.7 Å². The zero-order valence-electron chi connectivity index (χ0n) is 16.3. The Hall–Kier alpha value is -3.61. The van der Waals surface area contributed by atoms with E-state index in [1.807, 2.05) is 30.3 Å². The van der Waals surface area contributed by atoms with Gasteiger partial charge in [-0.25, -0.2) is 9.48 Å². The molecule has 148 valence electrons. The van der Waals surface area contributed by atoms with Gasteiger partial charge in [-0.05, 0) is 49.7 Å². The van der Waals surface area contributed by atoms with Gasteiger partial charge >= 0.3 is 5.97 Å². The molecule has 0 unspecified atom stereocenters. The summed E-state index contributed by atoms with van der Waals surface area (Å²) in [4.78, 5) is 27.6. The van der Waals surface area contributed by atoms with Crippen molar-refractivity contribution in [2.24, 2.45) is 0 Å². The van der Waals surface area contributed by atoms with Gasteiger partial charge in [-0.3, -0.25) is 4.79 Å². The number of carbonyl (C=O) groups excluding carboxylic acids is 2. The summed E-state index contributed by atoms with van der Waals surface area (Å²) in [6, 6.07) is 16.7. The van der Waals surface area contributed by atoms with E-state index < -0.39 is 5.97 Å². The van der Waals surface area contributed by atoms with Crippen LogP contribution in [0.4, 0.5) is 5.69 Å². The predicted molar refractivity (Wildman–Crippen MR) is 108 cm³/mol. The number of hydrogen-bond donors (Lipinski definition) is 0. The lowest BCUT2D eigenvalue weighted by molar-refractivity contribution is 0.0517. The van der Waals surface area contributed by atoms with Crippen molar-refractivity contribution in [2.75, 3.05) is 25.2 Å². The van der Waals surface area contributed by atoms with E-state index in [0.717, 1.165) is 5.69 Å². The smallest absolute Gasteiger partial charge is 0.359 e. The Morgan fingerprint density at radius 1 is 1.07 bits per heavy atom. The van der Waals surface area contributed by atoms with Crippen molar-refractivity contribution < 1.29 is 19.1 Å². The number of fused-ring (bicyclic) bond motifs is 1. The summed E-state index contributed by atoms with van der Waals surface area (Å²) in [5, 5.41) is 4.47. The summed E-state index contributed by atoms with van der Waals surface area (Å²) < 4.78 is 11.9. The van der Waals surface area contributed by atoms with Gasteiger partial charge in [-0.15, -0.1) is 0 Å². The van der Waals surface area contributed by atoms with Crippen LogP contribution in [0.1, 0.15) is 33.5 Å². The van der Waals surface area contributed by atoms with Crippen molar-refractivity contribution in [1.82, 2.24) is 9.78 Å². The molecule has 1 aromatic heterocycles. The highest BCUT2D eigenvalue weighted by Crippen LogP contribution is 2.29. The van der Waals surface area contributed by atoms with Crippen LogP contribution in [0, 0.1) is 0 Å². The zero-order valence-corrected chi connectivity index (χ0v) is 16.3. The minimum atomic E-state index is -0.517. The third-order valence-electron chi connectivity index (χ3n) is 4.87. The molecule has 0 saturated heterocycles. The van der Waals surface area contributed by atoms with E-state index in [-0.39, 0.29) is 18.2 Å². The second-order valence-electron chi connectivity index (χ2n) is 6.55. The van der Waals surface area contributed by atoms with Crippen LogP contribution in [-0.2, 0) is 11.2 Å². The molecule has 0 aliphatic carbocycles. The summed E-state index contributed by atoms with van der Waals surface area (Å²) in [6.45, 7) is 2.46. The van der Waals surface area contributed by atoms with Crippen molar-refractivity contribution in [2.45, 2.75) is 13.3 Å². The van der Waals surface area contributed by atoms with E-state index in [9.17, 15) is 9.59 Å². The van der Waals surface area contributed by atoms with Gasteiger partial charge < -0.3 is 14.4 Å². The van der Waals surface area contributed by atoms with Crippen molar-refractivity contribution in [3.63, 3.8) is 0 Å². The van der Waals surface area contributed by atoms with Gasteiger partial charge in [0.2, 0.25) is 0 Å².